The molecular weight excluding hydrogens is 456 g/mol. The number of aromatic nitrogens is 3. The molecule has 2 heterocycles. The van der Waals surface area contributed by atoms with Crippen LogP contribution in [0.4, 0.5) is 20.4 Å². The summed E-state index contributed by atoms with van der Waals surface area (Å²) in [6, 6.07) is 8.89. The van der Waals surface area contributed by atoms with Crippen LogP contribution in [0.1, 0.15) is 0 Å². The summed E-state index contributed by atoms with van der Waals surface area (Å²) in [5, 5.41) is 9.30. The van der Waals surface area contributed by atoms with Gasteiger partial charge in [0.15, 0.2) is 0 Å². The Bertz CT molecular complexity index is 1460. The summed E-state index contributed by atoms with van der Waals surface area (Å²) in [7, 11) is -3.10. The van der Waals surface area contributed by atoms with Gasteiger partial charge in [-0.1, -0.05) is 6.07 Å². The molecule has 9 nitrogen and oxygen atoms in total. The number of nitrogens with one attached hydrogen (secondary N) is 1. The first-order valence-corrected chi connectivity index (χ1v) is 11.1. The van der Waals surface area contributed by atoms with Crippen LogP contribution in [0.2, 0.25) is 0 Å². The molecule has 0 radical (unpaired) electrons. The topological polar surface area (TPSA) is 132 Å². The molecule has 12 heteroatoms. The summed E-state index contributed by atoms with van der Waals surface area (Å²) in [5.74, 6) is -1.92. The zero-order chi connectivity index (χ0) is 23.8. The summed E-state index contributed by atoms with van der Waals surface area (Å²) < 4.78 is 61.8. The van der Waals surface area contributed by atoms with Crippen molar-refractivity contribution in [3.8, 4) is 17.0 Å². The number of nitrogen functional groups attached to an aromatic ring is 1. The average Bonchev–Trinajstić information content (AvgIpc) is 3.08. The minimum Gasteiger partial charge on any atom is -0.480 e. The number of nitrogens with zero attached hydrogens (tertiary/aromatic N) is 3. The summed E-state index contributed by atoms with van der Waals surface area (Å²) >= 11 is 0. The van der Waals surface area contributed by atoms with Crippen LogP contribution in [-0.4, -0.2) is 41.8 Å². The second-order valence-electron chi connectivity index (χ2n) is 7.01. The van der Waals surface area contributed by atoms with Gasteiger partial charge in [0.05, 0.1) is 24.8 Å². The fraction of sp³-hybridized carbons (Fsp3) is 0.143. The Hall–Kier alpha value is -3.77. The minimum atomic E-state index is -4.41. The molecule has 33 heavy (non-hydrogen) atoms. The Morgan fingerprint density at radius 2 is 1.94 bits per heavy atom. The maximum atomic E-state index is 14.1. The number of pyridine rings is 1. The van der Waals surface area contributed by atoms with Crippen molar-refractivity contribution in [2.24, 2.45) is 0 Å². The molecule has 4 aromatic rings. The summed E-state index contributed by atoms with van der Waals surface area (Å²) in [6.07, 6.45) is 1.48. The van der Waals surface area contributed by atoms with Crippen molar-refractivity contribution in [3.63, 3.8) is 0 Å². The lowest BCUT2D eigenvalue weighted by Crippen LogP contribution is -2.15. The van der Waals surface area contributed by atoms with E-state index < -0.39 is 26.6 Å². The Morgan fingerprint density at radius 1 is 1.15 bits per heavy atom. The molecular formula is C21H19F2N5O4S. The molecule has 0 bridgehead atoms. The van der Waals surface area contributed by atoms with Crippen molar-refractivity contribution in [1.82, 2.24) is 14.5 Å². The van der Waals surface area contributed by atoms with Gasteiger partial charge in [0, 0.05) is 24.4 Å². The van der Waals surface area contributed by atoms with E-state index in [0.29, 0.717) is 28.2 Å². The fourth-order valence-electron chi connectivity index (χ4n) is 3.39. The molecule has 0 amide bonds. The highest BCUT2D eigenvalue weighted by atomic mass is 32.2. The van der Waals surface area contributed by atoms with E-state index in [1.165, 1.54) is 19.4 Å². The highest BCUT2D eigenvalue weighted by molar-refractivity contribution is 7.92. The molecule has 0 fully saturated rings. The van der Waals surface area contributed by atoms with Crippen molar-refractivity contribution in [2.45, 2.75) is 11.4 Å². The number of aliphatic hydroxyl groups is 1. The monoisotopic (exact) mass is 475 g/mol. The number of methoxy groups -OCH3 is 1. The standard InChI is InChI=1S/C21H19F2N5O4S/c1-32-20-17(27-33(30,31)19-5-3-14(22)10-15(19)23)8-13(11-25-20)12-2-4-16-18(9-12)28(6-7-29)21(24)26-16/h2-5,8-11,27,29H,6-7H2,1H3,(H2,24,26). The molecule has 4 N–H and O–H groups in total. The summed E-state index contributed by atoms with van der Waals surface area (Å²) in [4.78, 5) is 7.67. The van der Waals surface area contributed by atoms with E-state index in [1.54, 1.807) is 22.8 Å². The van der Waals surface area contributed by atoms with Crippen molar-refractivity contribution >= 4 is 32.7 Å². The van der Waals surface area contributed by atoms with E-state index in [-0.39, 0.29) is 30.7 Å². The lowest BCUT2D eigenvalue weighted by atomic mass is 10.1. The zero-order valence-corrected chi connectivity index (χ0v) is 18.1. The second kappa shape index (κ2) is 8.64. The maximum absolute atomic E-state index is 14.1. The summed E-state index contributed by atoms with van der Waals surface area (Å²) in [6.45, 7) is 0.122. The van der Waals surface area contributed by atoms with Gasteiger partial charge in [-0.05, 0) is 35.9 Å². The van der Waals surface area contributed by atoms with E-state index in [9.17, 15) is 22.3 Å². The molecule has 0 aliphatic rings. The van der Waals surface area contributed by atoms with Crippen molar-refractivity contribution < 1.29 is 27.0 Å². The Kier molecular flexibility index (Phi) is 5.87. The van der Waals surface area contributed by atoms with Gasteiger partial charge < -0.3 is 20.1 Å². The quantitative estimate of drug-likeness (QED) is 0.374. The minimum absolute atomic E-state index is 0.0396. The Balaban J connectivity index is 1.76. The van der Waals surface area contributed by atoms with Crippen LogP contribution >= 0.6 is 0 Å². The van der Waals surface area contributed by atoms with Gasteiger partial charge in [0.2, 0.25) is 11.8 Å². The number of benzene rings is 2. The van der Waals surface area contributed by atoms with E-state index in [0.717, 1.165) is 12.1 Å². The third-order valence-corrected chi connectivity index (χ3v) is 6.31. The number of rotatable bonds is 7. The van der Waals surface area contributed by atoms with Crippen LogP contribution in [0.3, 0.4) is 0 Å². The third kappa shape index (κ3) is 4.30. The lowest BCUT2D eigenvalue weighted by molar-refractivity contribution is 0.278. The molecule has 0 aliphatic heterocycles. The molecule has 2 aromatic heterocycles. The third-order valence-electron chi connectivity index (χ3n) is 4.91. The van der Waals surface area contributed by atoms with Crippen LogP contribution in [0.15, 0.2) is 53.6 Å². The van der Waals surface area contributed by atoms with Gasteiger partial charge in [-0.15, -0.1) is 0 Å². The number of sulfonamides is 1. The number of aliphatic hydroxyl groups excluding tert-OH is 1. The average molecular weight is 475 g/mol. The zero-order valence-electron chi connectivity index (χ0n) is 17.3. The van der Waals surface area contributed by atoms with Gasteiger partial charge in [0.25, 0.3) is 10.0 Å². The van der Waals surface area contributed by atoms with Gasteiger partial charge in [0.1, 0.15) is 22.2 Å². The molecule has 2 aromatic carbocycles. The SMILES string of the molecule is COc1ncc(-c2ccc3nc(N)n(CCO)c3c2)cc1NS(=O)(=O)c1ccc(F)cc1F. The highest BCUT2D eigenvalue weighted by Gasteiger charge is 2.22. The number of ether oxygens (including phenoxy) is 1. The molecule has 4 rings (SSSR count). The number of fused-ring (bicyclic) bond motifs is 1. The van der Waals surface area contributed by atoms with Crippen LogP contribution in [0, 0.1) is 11.6 Å². The molecule has 0 saturated heterocycles. The number of hydrogen-bond donors (Lipinski definition) is 3. The molecule has 0 aliphatic carbocycles. The predicted octanol–water partition coefficient (Wildman–Crippen LogP) is 2.76. The lowest BCUT2D eigenvalue weighted by Gasteiger charge is -2.13. The maximum Gasteiger partial charge on any atom is 0.264 e. The molecule has 0 unspecified atom stereocenters. The van der Waals surface area contributed by atoms with Gasteiger partial charge in [-0.2, -0.15) is 0 Å². The van der Waals surface area contributed by atoms with Gasteiger partial charge >= 0.3 is 0 Å². The second-order valence-corrected chi connectivity index (χ2v) is 8.66. The number of hydrogen-bond acceptors (Lipinski definition) is 7. The Labute approximate surface area is 187 Å². The molecule has 0 atom stereocenters. The van der Waals surface area contributed by atoms with E-state index in [4.69, 9.17) is 10.5 Å². The van der Waals surface area contributed by atoms with Crippen LogP contribution in [0.25, 0.3) is 22.2 Å². The predicted molar refractivity (Wildman–Crippen MR) is 118 cm³/mol. The number of halogens is 2. The van der Waals surface area contributed by atoms with E-state index >= 15 is 0 Å². The molecule has 0 saturated carbocycles. The van der Waals surface area contributed by atoms with Crippen LogP contribution in [-0.2, 0) is 16.6 Å². The largest absolute Gasteiger partial charge is 0.480 e. The van der Waals surface area contributed by atoms with E-state index in [2.05, 4.69) is 14.7 Å². The van der Waals surface area contributed by atoms with Crippen molar-refractivity contribution in [2.75, 3.05) is 24.2 Å². The smallest absolute Gasteiger partial charge is 0.264 e. The molecule has 172 valence electrons. The number of imidazole rings is 1. The van der Waals surface area contributed by atoms with Crippen molar-refractivity contribution in [3.05, 3.63) is 60.3 Å². The van der Waals surface area contributed by atoms with Gasteiger partial charge in [-0.25, -0.2) is 27.2 Å². The van der Waals surface area contributed by atoms with E-state index in [1.807, 2.05) is 0 Å². The first kappa shape index (κ1) is 22.4. The summed E-state index contributed by atoms with van der Waals surface area (Å²) in [5.41, 5.74) is 8.35. The number of nitrogens with two attached hydrogens (primary N) is 1. The first-order chi connectivity index (χ1) is 15.7. The highest BCUT2D eigenvalue weighted by Crippen LogP contribution is 2.32. The first-order valence-electron chi connectivity index (χ1n) is 9.62. The number of anilines is 2. The van der Waals surface area contributed by atoms with Crippen molar-refractivity contribution in [1.29, 1.82) is 0 Å². The Morgan fingerprint density at radius 3 is 2.64 bits per heavy atom. The van der Waals surface area contributed by atoms with Gasteiger partial charge in [-0.3, -0.25) is 4.72 Å². The fourth-order valence-corrected chi connectivity index (χ4v) is 4.50. The van der Waals surface area contributed by atoms with Crippen LogP contribution < -0.4 is 15.2 Å². The van der Waals surface area contributed by atoms with Crippen LogP contribution in [0.5, 0.6) is 5.88 Å². The normalized spacial score (nSPS) is 11.6. The molecule has 0 spiro atoms.